The summed E-state index contributed by atoms with van der Waals surface area (Å²) in [6, 6.07) is 3.98. The molecular weight excluding hydrogens is 368 g/mol. The number of β-amino-alcohol motifs (C(OH)–C–C–N with tert-alkyl or cyclic N) is 1. The molecule has 3 heterocycles. The Bertz CT molecular complexity index is 724. The Morgan fingerprint density at radius 2 is 1.41 bits per heavy atom. The molecule has 1 aromatic heterocycles. The average molecular weight is 397 g/mol. The molecule has 0 aromatic carbocycles. The summed E-state index contributed by atoms with van der Waals surface area (Å²) in [5.74, 6) is 1.68. The topological polar surface area (TPSA) is 93.1 Å². The monoisotopic (exact) mass is 396 g/mol. The summed E-state index contributed by atoms with van der Waals surface area (Å²) in [5, 5.41) is 17.7. The minimum atomic E-state index is -3.08. The highest BCUT2D eigenvalue weighted by Gasteiger charge is 2.41. The molecule has 0 unspecified atom stereocenters. The van der Waals surface area contributed by atoms with Crippen LogP contribution in [0.1, 0.15) is 12.8 Å². The molecule has 150 valence electrons. The van der Waals surface area contributed by atoms with E-state index in [2.05, 4.69) is 24.9 Å². The van der Waals surface area contributed by atoms with Crippen molar-refractivity contribution in [1.82, 2.24) is 19.4 Å². The van der Waals surface area contributed by atoms with E-state index in [1.165, 1.54) is 0 Å². The Balaban J connectivity index is 1.31. The molecule has 4 rings (SSSR count). The third kappa shape index (κ3) is 4.18. The zero-order valence-electron chi connectivity index (χ0n) is 15.6. The highest BCUT2D eigenvalue weighted by atomic mass is 32.2. The van der Waals surface area contributed by atoms with Crippen molar-refractivity contribution in [2.24, 2.45) is 0 Å². The number of aromatic nitrogens is 2. The smallest absolute Gasteiger partial charge is 0.217 e. The van der Waals surface area contributed by atoms with Gasteiger partial charge in [-0.3, -0.25) is 4.90 Å². The molecule has 0 bridgehead atoms. The molecular formula is C17H28N6O3S. The van der Waals surface area contributed by atoms with E-state index >= 15 is 0 Å². The fourth-order valence-electron chi connectivity index (χ4n) is 3.75. The Morgan fingerprint density at radius 3 is 1.85 bits per heavy atom. The molecule has 1 N–H and O–H groups in total. The van der Waals surface area contributed by atoms with Crippen LogP contribution in [0.2, 0.25) is 0 Å². The first-order chi connectivity index (χ1) is 13.1. The van der Waals surface area contributed by atoms with Crippen LogP contribution in [0.15, 0.2) is 12.1 Å². The van der Waals surface area contributed by atoms with Crippen LogP contribution in [0.5, 0.6) is 0 Å². The van der Waals surface area contributed by atoms with Gasteiger partial charge < -0.3 is 14.9 Å². The summed E-state index contributed by atoms with van der Waals surface area (Å²) in [4.78, 5) is 6.56. The van der Waals surface area contributed by atoms with Crippen LogP contribution >= 0.6 is 0 Å². The molecule has 27 heavy (non-hydrogen) atoms. The van der Waals surface area contributed by atoms with Gasteiger partial charge in [-0.05, 0) is 25.0 Å². The third-order valence-electron chi connectivity index (χ3n) is 5.62. The van der Waals surface area contributed by atoms with Crippen molar-refractivity contribution in [1.29, 1.82) is 0 Å². The van der Waals surface area contributed by atoms with Gasteiger partial charge in [0.15, 0.2) is 11.6 Å². The van der Waals surface area contributed by atoms with Crippen molar-refractivity contribution in [3.05, 3.63) is 12.1 Å². The third-order valence-corrected chi connectivity index (χ3v) is 8.02. The van der Waals surface area contributed by atoms with E-state index in [1.807, 2.05) is 12.1 Å². The van der Waals surface area contributed by atoms with Crippen molar-refractivity contribution >= 4 is 21.7 Å². The zero-order chi connectivity index (χ0) is 18.9. The Kier molecular flexibility index (Phi) is 5.49. The Labute approximate surface area is 160 Å². The van der Waals surface area contributed by atoms with Gasteiger partial charge in [0, 0.05) is 58.9 Å². The largest absolute Gasteiger partial charge is 0.395 e. The van der Waals surface area contributed by atoms with Crippen LogP contribution in [-0.2, 0) is 10.0 Å². The van der Waals surface area contributed by atoms with Crippen molar-refractivity contribution < 1.29 is 13.5 Å². The molecule has 9 nitrogen and oxygen atoms in total. The second kappa shape index (κ2) is 7.86. The van der Waals surface area contributed by atoms with Gasteiger partial charge >= 0.3 is 0 Å². The molecule has 3 fully saturated rings. The van der Waals surface area contributed by atoms with Crippen LogP contribution in [0.25, 0.3) is 0 Å². The van der Waals surface area contributed by atoms with E-state index in [0.717, 1.165) is 57.2 Å². The minimum Gasteiger partial charge on any atom is -0.395 e. The fraction of sp³-hybridized carbons (Fsp3) is 0.765. The van der Waals surface area contributed by atoms with Gasteiger partial charge in [-0.25, -0.2) is 8.42 Å². The summed E-state index contributed by atoms with van der Waals surface area (Å²) < 4.78 is 26.3. The zero-order valence-corrected chi connectivity index (χ0v) is 16.4. The van der Waals surface area contributed by atoms with E-state index < -0.39 is 10.0 Å². The van der Waals surface area contributed by atoms with Crippen LogP contribution in [0.3, 0.4) is 0 Å². The first-order valence-corrected chi connectivity index (χ1v) is 11.2. The first-order valence-electron chi connectivity index (χ1n) is 9.74. The van der Waals surface area contributed by atoms with Crippen LogP contribution in [0.4, 0.5) is 11.6 Å². The lowest BCUT2D eigenvalue weighted by Crippen LogP contribution is -2.50. The summed E-state index contributed by atoms with van der Waals surface area (Å²) in [5.41, 5.74) is 0. The summed E-state index contributed by atoms with van der Waals surface area (Å²) in [6.07, 6.45) is 1.62. The molecule has 0 atom stereocenters. The maximum atomic E-state index is 12.3. The fourth-order valence-corrected chi connectivity index (χ4v) is 5.57. The lowest BCUT2D eigenvalue weighted by atomic mass is 10.3. The van der Waals surface area contributed by atoms with Crippen LogP contribution in [0, 0.1) is 0 Å². The van der Waals surface area contributed by atoms with Crippen molar-refractivity contribution in [2.75, 3.05) is 75.3 Å². The number of aliphatic hydroxyl groups is 1. The Hall–Kier alpha value is -1.49. The molecule has 0 amide bonds. The van der Waals surface area contributed by atoms with Crippen molar-refractivity contribution in [3.63, 3.8) is 0 Å². The predicted octanol–water partition coefficient (Wildman–Crippen LogP) is -0.795. The number of nitrogens with zero attached hydrogens (tertiary/aromatic N) is 6. The van der Waals surface area contributed by atoms with Gasteiger partial charge in [-0.2, -0.15) is 4.31 Å². The van der Waals surface area contributed by atoms with Crippen LogP contribution < -0.4 is 9.80 Å². The Morgan fingerprint density at radius 1 is 0.889 bits per heavy atom. The van der Waals surface area contributed by atoms with Gasteiger partial charge in [0.2, 0.25) is 10.0 Å². The van der Waals surface area contributed by atoms with E-state index in [-0.39, 0.29) is 11.9 Å². The molecule has 0 spiro atoms. The van der Waals surface area contributed by atoms with Crippen LogP contribution in [-0.4, -0.2) is 104 Å². The number of anilines is 2. The average Bonchev–Trinajstić information content (AvgIpc) is 3.55. The number of hydrogen-bond donors (Lipinski definition) is 1. The molecule has 3 aliphatic rings. The normalized spacial score (nSPS) is 23.0. The van der Waals surface area contributed by atoms with Gasteiger partial charge in [-0.15, -0.1) is 10.2 Å². The number of sulfonamides is 1. The molecule has 2 saturated heterocycles. The lowest BCUT2D eigenvalue weighted by molar-refractivity contribution is 0.188. The van der Waals surface area contributed by atoms with Crippen molar-refractivity contribution in [2.45, 2.75) is 18.1 Å². The molecule has 0 radical (unpaired) electrons. The molecule has 10 heteroatoms. The van der Waals surface area contributed by atoms with Gasteiger partial charge in [0.1, 0.15) is 0 Å². The maximum absolute atomic E-state index is 12.3. The number of hydrogen-bond acceptors (Lipinski definition) is 8. The van der Waals surface area contributed by atoms with Crippen molar-refractivity contribution in [3.8, 4) is 0 Å². The van der Waals surface area contributed by atoms with Gasteiger partial charge in [0.25, 0.3) is 0 Å². The minimum absolute atomic E-state index is 0.138. The van der Waals surface area contributed by atoms with E-state index in [1.54, 1.807) is 4.31 Å². The lowest BCUT2D eigenvalue weighted by Gasteiger charge is -2.36. The van der Waals surface area contributed by atoms with E-state index in [4.69, 9.17) is 5.11 Å². The number of piperazine rings is 2. The first kappa shape index (κ1) is 18.9. The quantitative estimate of drug-likeness (QED) is 0.668. The standard InChI is InChI=1S/C17H28N6O3S/c24-14-13-20-5-7-21(8-6-20)16-3-4-17(19-18-16)22-9-11-23(12-10-22)27(25,26)15-1-2-15/h3-4,15,24H,1-2,5-14H2. The molecule has 1 aliphatic carbocycles. The molecule has 1 aromatic rings. The molecule has 1 saturated carbocycles. The number of aliphatic hydroxyl groups excluding tert-OH is 1. The van der Waals surface area contributed by atoms with Gasteiger partial charge in [-0.1, -0.05) is 0 Å². The summed E-state index contributed by atoms with van der Waals surface area (Å²) in [6.45, 7) is 6.87. The highest BCUT2D eigenvalue weighted by molar-refractivity contribution is 7.90. The second-order valence-corrected chi connectivity index (χ2v) is 9.65. The second-order valence-electron chi connectivity index (χ2n) is 7.43. The maximum Gasteiger partial charge on any atom is 0.217 e. The number of rotatable bonds is 6. The highest BCUT2D eigenvalue weighted by Crippen LogP contribution is 2.31. The van der Waals surface area contributed by atoms with E-state index in [0.29, 0.717) is 26.2 Å². The summed E-state index contributed by atoms with van der Waals surface area (Å²) >= 11 is 0. The van der Waals surface area contributed by atoms with E-state index in [9.17, 15) is 8.42 Å². The SMILES string of the molecule is O=S(=O)(C1CC1)N1CCN(c2ccc(N3CCN(CCO)CC3)nn2)CC1. The van der Waals surface area contributed by atoms with Gasteiger partial charge in [0.05, 0.1) is 11.9 Å². The molecule has 2 aliphatic heterocycles. The predicted molar refractivity (Wildman–Crippen MR) is 103 cm³/mol. The summed E-state index contributed by atoms with van der Waals surface area (Å²) in [7, 11) is -3.08.